The van der Waals surface area contributed by atoms with Crippen LogP contribution in [0.5, 0.6) is 0 Å². The van der Waals surface area contributed by atoms with Crippen LogP contribution in [0.15, 0.2) is 96.3 Å². The molecule has 0 radical (unpaired) electrons. The Kier molecular flexibility index (Phi) is 6.31. The van der Waals surface area contributed by atoms with Crippen LogP contribution in [0.2, 0.25) is 0 Å². The Morgan fingerprint density at radius 1 is 0.763 bits per heavy atom. The molecule has 2 heterocycles. The quantitative estimate of drug-likeness (QED) is 0.242. The van der Waals surface area contributed by atoms with Crippen LogP contribution in [-0.2, 0) is 16.2 Å². The first-order valence-corrected chi connectivity index (χ1v) is 12.5. The third-order valence-corrected chi connectivity index (χ3v) is 7.19. The Morgan fingerprint density at radius 2 is 1.50 bits per heavy atom. The van der Waals surface area contributed by atoms with Crippen LogP contribution in [0.3, 0.4) is 0 Å². The normalized spacial score (nSPS) is 12.0. The molecule has 0 saturated heterocycles. The molecule has 0 aliphatic carbocycles. The highest BCUT2D eigenvalue weighted by molar-refractivity contribution is 7.92. The number of aromatic nitrogens is 2. The number of alkyl halides is 3. The summed E-state index contributed by atoms with van der Waals surface area (Å²) in [4.78, 5) is 7.67. The summed E-state index contributed by atoms with van der Waals surface area (Å²) >= 11 is 0. The highest BCUT2D eigenvalue weighted by Gasteiger charge is 2.30. The van der Waals surface area contributed by atoms with Crippen molar-refractivity contribution in [1.29, 1.82) is 0 Å². The Labute approximate surface area is 213 Å². The topological polar surface area (TPSA) is 72.0 Å². The van der Waals surface area contributed by atoms with Gasteiger partial charge in [-0.25, -0.2) is 17.2 Å². The van der Waals surface area contributed by atoms with Crippen LogP contribution in [0, 0.1) is 11.6 Å². The van der Waals surface area contributed by atoms with Gasteiger partial charge in [-0.05, 0) is 65.2 Å². The van der Waals surface area contributed by atoms with Gasteiger partial charge in [-0.3, -0.25) is 14.7 Å². The number of hydrogen-bond acceptors (Lipinski definition) is 4. The van der Waals surface area contributed by atoms with Gasteiger partial charge in [0.25, 0.3) is 10.0 Å². The van der Waals surface area contributed by atoms with Crippen molar-refractivity contribution in [2.45, 2.75) is 11.1 Å². The fourth-order valence-electron chi connectivity index (χ4n) is 3.97. The predicted octanol–water partition coefficient (Wildman–Crippen LogP) is 7.06. The molecule has 0 unspecified atom stereocenters. The molecule has 0 saturated carbocycles. The van der Waals surface area contributed by atoms with Gasteiger partial charge >= 0.3 is 6.18 Å². The Morgan fingerprint density at radius 3 is 2.21 bits per heavy atom. The number of fused-ring (bicyclic) bond motifs is 1. The second-order valence-electron chi connectivity index (χ2n) is 8.31. The van der Waals surface area contributed by atoms with Crippen LogP contribution >= 0.6 is 0 Å². The SMILES string of the molecule is O=S(=O)(Nc1cncc(-c2ccc3nccc(-c4ccc(C(F)(F)F)cc4)c3c2)c1)c1ccc(F)cc1F. The van der Waals surface area contributed by atoms with Gasteiger partial charge in [0.15, 0.2) is 0 Å². The molecule has 0 fully saturated rings. The van der Waals surface area contributed by atoms with Gasteiger partial charge in [0, 0.05) is 29.4 Å². The van der Waals surface area contributed by atoms with E-state index in [-0.39, 0.29) is 5.69 Å². The summed E-state index contributed by atoms with van der Waals surface area (Å²) in [5, 5.41) is 0.657. The molecule has 1 N–H and O–H groups in total. The lowest BCUT2D eigenvalue weighted by Crippen LogP contribution is -2.15. The van der Waals surface area contributed by atoms with Gasteiger partial charge in [-0.1, -0.05) is 18.2 Å². The molecule has 38 heavy (non-hydrogen) atoms. The van der Waals surface area contributed by atoms with E-state index in [9.17, 15) is 30.4 Å². The van der Waals surface area contributed by atoms with Crippen molar-refractivity contribution in [2.24, 2.45) is 0 Å². The second-order valence-corrected chi connectivity index (χ2v) is 9.96. The Bertz CT molecular complexity index is 1770. The minimum Gasteiger partial charge on any atom is -0.278 e. The molecule has 0 atom stereocenters. The molecule has 2 aromatic heterocycles. The van der Waals surface area contributed by atoms with E-state index in [1.165, 1.54) is 30.6 Å². The number of nitrogens with one attached hydrogen (secondary N) is 1. The summed E-state index contributed by atoms with van der Waals surface area (Å²) in [6.07, 6.45) is -0.168. The second kappa shape index (κ2) is 9.49. The number of rotatable bonds is 5. The number of halogens is 5. The van der Waals surface area contributed by atoms with Crippen molar-refractivity contribution in [3.8, 4) is 22.3 Å². The number of hydrogen-bond donors (Lipinski definition) is 1. The highest BCUT2D eigenvalue weighted by Crippen LogP contribution is 2.34. The monoisotopic (exact) mass is 541 g/mol. The number of pyridine rings is 2. The van der Waals surface area contributed by atoms with E-state index in [0.717, 1.165) is 24.3 Å². The zero-order valence-electron chi connectivity index (χ0n) is 19.2. The first kappa shape index (κ1) is 25.3. The fraction of sp³-hybridized carbons (Fsp3) is 0.0370. The lowest BCUT2D eigenvalue weighted by atomic mass is 9.97. The summed E-state index contributed by atoms with van der Waals surface area (Å²) in [5.74, 6) is -2.15. The predicted molar refractivity (Wildman–Crippen MR) is 133 cm³/mol. The van der Waals surface area contributed by atoms with Crippen LogP contribution in [0.4, 0.5) is 27.6 Å². The fourth-order valence-corrected chi connectivity index (χ4v) is 5.07. The standard InChI is InChI=1S/C27H16F5N3O2S/c28-20-6-8-26(24(29)13-20)38(36,37)35-21-11-18(14-33-15-21)17-3-7-25-23(12-17)22(9-10-34-25)16-1-4-19(5-2-16)27(30,31)32/h1-15,35H. The van der Waals surface area contributed by atoms with Crippen molar-refractivity contribution in [3.63, 3.8) is 0 Å². The molecule has 11 heteroatoms. The molecule has 0 spiro atoms. The van der Waals surface area contributed by atoms with Gasteiger partial charge < -0.3 is 0 Å². The lowest BCUT2D eigenvalue weighted by Gasteiger charge is -2.12. The molecular weight excluding hydrogens is 525 g/mol. The van der Waals surface area contributed by atoms with Crippen LogP contribution in [0.1, 0.15) is 5.56 Å². The van der Waals surface area contributed by atoms with E-state index in [4.69, 9.17) is 0 Å². The molecule has 0 aliphatic heterocycles. The van der Waals surface area contributed by atoms with Crippen LogP contribution in [-0.4, -0.2) is 18.4 Å². The van der Waals surface area contributed by atoms with E-state index in [2.05, 4.69) is 14.7 Å². The first-order chi connectivity index (χ1) is 18.0. The van der Waals surface area contributed by atoms with Gasteiger partial charge in [0.2, 0.25) is 0 Å². The molecule has 0 bridgehead atoms. The Balaban J connectivity index is 1.51. The molecule has 0 amide bonds. The number of benzene rings is 3. The third kappa shape index (κ3) is 5.05. The molecule has 5 rings (SSSR count). The van der Waals surface area contributed by atoms with Crippen LogP contribution in [0.25, 0.3) is 33.2 Å². The maximum atomic E-state index is 14.1. The zero-order valence-corrected chi connectivity index (χ0v) is 20.0. The number of sulfonamides is 1. The zero-order chi connectivity index (χ0) is 27.1. The van der Waals surface area contributed by atoms with Gasteiger partial charge in [-0.2, -0.15) is 13.2 Å². The summed E-state index contributed by atoms with van der Waals surface area (Å²) < 4.78 is 93.8. The molecule has 192 valence electrons. The lowest BCUT2D eigenvalue weighted by molar-refractivity contribution is -0.137. The molecule has 5 nitrogen and oxygen atoms in total. The maximum absolute atomic E-state index is 14.1. The average Bonchev–Trinajstić information content (AvgIpc) is 2.87. The molecular formula is C27H16F5N3O2S. The largest absolute Gasteiger partial charge is 0.416 e. The van der Waals surface area contributed by atoms with E-state index in [1.807, 2.05) is 0 Å². The first-order valence-electron chi connectivity index (χ1n) is 11.0. The molecule has 3 aromatic carbocycles. The van der Waals surface area contributed by atoms with Gasteiger partial charge in [0.05, 0.1) is 23.0 Å². The summed E-state index contributed by atoms with van der Waals surface area (Å²) in [5.41, 5.74) is 2.23. The average molecular weight is 542 g/mol. The molecule has 0 aliphatic rings. The van der Waals surface area contributed by atoms with E-state index >= 15 is 0 Å². The van der Waals surface area contributed by atoms with Crippen molar-refractivity contribution in [2.75, 3.05) is 4.72 Å². The van der Waals surface area contributed by atoms with Crippen molar-refractivity contribution in [3.05, 3.63) is 109 Å². The third-order valence-electron chi connectivity index (χ3n) is 5.77. The molecule has 5 aromatic rings. The minimum atomic E-state index is -4.45. The van der Waals surface area contributed by atoms with Crippen molar-refractivity contribution >= 4 is 26.6 Å². The van der Waals surface area contributed by atoms with E-state index < -0.39 is 38.3 Å². The minimum absolute atomic E-state index is 0.0421. The van der Waals surface area contributed by atoms with Gasteiger partial charge in [-0.15, -0.1) is 0 Å². The van der Waals surface area contributed by atoms with E-state index in [1.54, 1.807) is 30.5 Å². The number of anilines is 1. The van der Waals surface area contributed by atoms with E-state index in [0.29, 0.717) is 39.2 Å². The van der Waals surface area contributed by atoms with Crippen molar-refractivity contribution < 1.29 is 30.4 Å². The Hall–Kier alpha value is -4.38. The highest BCUT2D eigenvalue weighted by atomic mass is 32.2. The summed E-state index contributed by atoms with van der Waals surface area (Å²) in [6.45, 7) is 0. The smallest absolute Gasteiger partial charge is 0.278 e. The van der Waals surface area contributed by atoms with Gasteiger partial charge in [0.1, 0.15) is 16.5 Å². The summed E-state index contributed by atoms with van der Waals surface area (Å²) in [7, 11) is -4.37. The summed E-state index contributed by atoms with van der Waals surface area (Å²) in [6, 6.07) is 15.3. The van der Waals surface area contributed by atoms with Crippen molar-refractivity contribution in [1.82, 2.24) is 9.97 Å². The maximum Gasteiger partial charge on any atom is 0.416 e. The van der Waals surface area contributed by atoms with Crippen LogP contribution < -0.4 is 4.72 Å². The number of nitrogens with zero attached hydrogens (tertiary/aromatic N) is 2.